The van der Waals surface area contributed by atoms with Crippen molar-refractivity contribution in [1.82, 2.24) is 102 Å². The standard InChI is InChI=1S/5C10H5ClN6O4.C2H4O2/c5*11-6-2-1-4(17(18)19)3-5(6)10-13-9(16-20-10)7-8(12)15-21-14-7;1-2(3)4/h5*1-3H,(H2,12,15);1H3,(H,3,4). The molecule has 0 spiro atoms. The van der Waals surface area contributed by atoms with E-state index >= 15 is 0 Å². The van der Waals surface area contributed by atoms with Gasteiger partial charge in [-0.2, -0.15) is 24.9 Å². The van der Waals surface area contributed by atoms with Crippen molar-refractivity contribution in [2.75, 3.05) is 28.7 Å². The molecule has 0 saturated carbocycles. The maximum absolute atomic E-state index is 10.8. The number of hydrogen-bond donors (Lipinski definition) is 6. The van der Waals surface area contributed by atoms with Crippen molar-refractivity contribution in [1.29, 1.82) is 0 Å². The van der Waals surface area contributed by atoms with E-state index in [1.165, 1.54) is 91.0 Å². The van der Waals surface area contributed by atoms with E-state index in [2.05, 4.69) is 125 Å². The maximum Gasteiger partial charge on any atom is 0.300 e. The molecule has 10 aromatic heterocycles. The SMILES string of the molecule is CC(=O)O.Nc1nonc1-c1noc(-c2cc([N+](=O)[O-])ccc2Cl)n1.Nc1nonc1-c1noc(-c2cc([N+](=O)[O-])ccc2Cl)n1.Nc1nonc1-c1noc(-c2cc([N+](=O)[O-])ccc2Cl)n1.Nc1nonc1-c1noc(-c2cc([N+](=O)[O-])ccc2Cl)n1.Nc1nonc1-c1noc(-c2cc([N+](=O)[O-])ccc2Cl)n1. The number of carboxylic acid groups (broad SMARTS) is 1. The van der Waals surface area contributed by atoms with E-state index in [9.17, 15) is 50.6 Å². The molecule has 57 heteroatoms. The number of nitrogens with two attached hydrogens (primary N) is 5. The van der Waals surface area contributed by atoms with Crippen molar-refractivity contribution in [3.63, 3.8) is 0 Å². The quantitative estimate of drug-likeness (QED) is 0.0410. The zero-order chi connectivity index (χ0) is 78.5. The van der Waals surface area contributed by atoms with Gasteiger partial charge in [-0.1, -0.05) is 83.8 Å². The van der Waals surface area contributed by atoms with E-state index < -0.39 is 30.6 Å². The zero-order valence-corrected chi connectivity index (χ0v) is 56.4. The monoisotopic (exact) mass is 1600 g/mol. The average Bonchev–Trinajstić information content (AvgIpc) is 1.72. The minimum atomic E-state index is -0.833. The van der Waals surface area contributed by atoms with Gasteiger partial charge in [0, 0.05) is 67.6 Å². The van der Waals surface area contributed by atoms with Crippen LogP contribution in [0.25, 0.3) is 115 Å². The van der Waals surface area contributed by atoms with Gasteiger partial charge < -0.3 is 56.4 Å². The van der Waals surface area contributed by atoms with Crippen LogP contribution in [0.4, 0.5) is 57.5 Å². The third-order valence-corrected chi connectivity index (χ3v) is 14.4. The highest BCUT2D eigenvalue weighted by Crippen LogP contribution is 2.38. The summed E-state index contributed by atoms with van der Waals surface area (Å²) in [5.41, 5.74) is 28.4. The van der Waals surface area contributed by atoms with Gasteiger partial charge in [0.2, 0.25) is 29.1 Å². The fourth-order valence-corrected chi connectivity index (χ4v) is 8.84. The van der Waals surface area contributed by atoms with Crippen molar-refractivity contribution in [3.05, 3.63) is 167 Å². The van der Waals surface area contributed by atoms with Crippen molar-refractivity contribution in [3.8, 4) is 115 Å². The number of nitro benzene ring substituents is 5. The molecule has 0 aliphatic carbocycles. The molecule has 109 heavy (non-hydrogen) atoms. The van der Waals surface area contributed by atoms with Crippen LogP contribution in [-0.2, 0) is 4.79 Å². The summed E-state index contributed by atoms with van der Waals surface area (Å²) in [5.74, 6) is -0.764. The van der Waals surface area contributed by atoms with Crippen LogP contribution in [0.5, 0.6) is 0 Å². The topological polar surface area (TPSA) is 772 Å². The highest BCUT2D eigenvalue weighted by Gasteiger charge is 2.27. The molecule has 0 atom stereocenters. The third kappa shape index (κ3) is 18.1. The van der Waals surface area contributed by atoms with Crippen LogP contribution in [0, 0.1) is 50.6 Å². The first kappa shape index (κ1) is 76.1. The summed E-state index contributed by atoms with van der Waals surface area (Å²) in [6, 6.07) is 19.3. The number of anilines is 5. The van der Waals surface area contributed by atoms with E-state index in [4.69, 9.17) is 119 Å². The minimum Gasteiger partial charge on any atom is -0.481 e. The number of aliphatic carboxylic acids is 1. The lowest BCUT2D eigenvalue weighted by Crippen LogP contribution is -1.91. The molecule has 0 radical (unpaired) electrons. The second-order valence-electron chi connectivity index (χ2n) is 19.7. The van der Waals surface area contributed by atoms with Crippen LogP contribution in [0.1, 0.15) is 6.92 Å². The lowest BCUT2D eigenvalue weighted by atomic mass is 10.2. The minimum absolute atomic E-state index is 0.00695. The van der Waals surface area contributed by atoms with Gasteiger partial charge in [-0.15, -0.1) is 0 Å². The van der Waals surface area contributed by atoms with Crippen molar-refractivity contribution >= 4 is 122 Å². The second-order valence-corrected chi connectivity index (χ2v) is 21.8. The Hall–Kier alpha value is -15.6. The number of nitro groups is 5. The van der Waals surface area contributed by atoms with Crippen LogP contribution in [0.3, 0.4) is 0 Å². The summed E-state index contributed by atoms with van der Waals surface area (Å²) in [6.07, 6.45) is 0. The summed E-state index contributed by atoms with van der Waals surface area (Å²) in [5, 5.41) is 115. The normalized spacial score (nSPS) is 10.6. The molecule has 15 aromatic rings. The molecule has 0 bridgehead atoms. The smallest absolute Gasteiger partial charge is 0.300 e. The first-order valence-electron chi connectivity index (χ1n) is 28.0. The van der Waals surface area contributed by atoms with E-state index in [0.29, 0.717) is 0 Å². The number of carboxylic acids is 1. The molecule has 52 nitrogen and oxygen atoms in total. The Morgan fingerprint density at radius 3 is 0.596 bits per heavy atom. The number of hydrogen-bond acceptors (Lipinski definition) is 46. The predicted molar refractivity (Wildman–Crippen MR) is 359 cm³/mol. The largest absolute Gasteiger partial charge is 0.481 e. The molecule has 0 aliphatic rings. The number of nitrogen functional groups attached to an aromatic ring is 5. The molecule has 11 N–H and O–H groups in total. The van der Waals surface area contributed by atoms with Gasteiger partial charge in [-0.05, 0) is 81.9 Å². The van der Waals surface area contributed by atoms with Gasteiger partial charge in [0.15, 0.2) is 57.6 Å². The zero-order valence-electron chi connectivity index (χ0n) is 52.6. The van der Waals surface area contributed by atoms with Gasteiger partial charge >= 0.3 is 0 Å². The Morgan fingerprint density at radius 1 is 0.312 bits per heavy atom. The molecular weight excluding hydrogens is 1570 g/mol. The lowest BCUT2D eigenvalue weighted by Gasteiger charge is -1.98. The van der Waals surface area contributed by atoms with Crippen molar-refractivity contribution < 1.29 is 80.3 Å². The van der Waals surface area contributed by atoms with Gasteiger partial charge in [-0.3, -0.25) is 55.4 Å². The Morgan fingerprint density at radius 2 is 0.468 bits per heavy atom. The van der Waals surface area contributed by atoms with Gasteiger partial charge in [-0.25, -0.2) is 23.1 Å². The summed E-state index contributed by atoms with van der Waals surface area (Å²) >= 11 is 29.9. The number of halogens is 5. The molecular formula is C52H29Cl5N30O22. The number of non-ortho nitro benzene ring substituents is 5. The van der Waals surface area contributed by atoms with Crippen LogP contribution >= 0.6 is 58.0 Å². The summed E-state index contributed by atoms with van der Waals surface area (Å²) in [4.78, 5) is 80.2. The first-order valence-corrected chi connectivity index (χ1v) is 29.9. The molecule has 5 aromatic carbocycles. The Kier molecular flexibility index (Phi) is 23.2. The summed E-state index contributed by atoms with van der Waals surface area (Å²) in [6.45, 7) is 1.08. The van der Waals surface area contributed by atoms with Crippen LogP contribution in [0.15, 0.2) is 137 Å². The number of benzene rings is 5. The molecule has 0 saturated heterocycles. The Labute approximate surface area is 618 Å². The van der Waals surface area contributed by atoms with Gasteiger partial charge in [0.25, 0.3) is 63.9 Å². The summed E-state index contributed by atoms with van der Waals surface area (Å²) < 4.78 is 47.2. The van der Waals surface area contributed by atoms with E-state index in [1.54, 1.807) is 0 Å². The molecule has 0 fully saturated rings. The highest BCUT2D eigenvalue weighted by molar-refractivity contribution is 6.34. The van der Waals surface area contributed by atoms with Crippen LogP contribution in [0.2, 0.25) is 25.1 Å². The number of aromatic nitrogens is 20. The van der Waals surface area contributed by atoms with Gasteiger partial charge in [0.05, 0.1) is 77.5 Å². The number of rotatable bonds is 15. The summed E-state index contributed by atoms with van der Waals surface area (Å²) in [7, 11) is 0. The lowest BCUT2D eigenvalue weighted by molar-refractivity contribution is -0.385. The second kappa shape index (κ2) is 33.2. The first-order chi connectivity index (χ1) is 52.0. The molecule has 0 amide bonds. The molecule has 554 valence electrons. The molecule has 10 heterocycles. The number of carbonyl (C=O) groups is 1. The number of nitrogens with zero attached hydrogens (tertiary/aromatic N) is 25. The molecule has 15 rings (SSSR count). The van der Waals surface area contributed by atoms with E-state index in [1.807, 2.05) is 0 Å². The predicted octanol–water partition coefficient (Wildman–Crippen LogP) is 9.74. The van der Waals surface area contributed by atoms with E-state index in [0.717, 1.165) is 6.92 Å². The fraction of sp³-hybridized carbons (Fsp3) is 0.0192. The van der Waals surface area contributed by atoms with Crippen LogP contribution in [-0.4, -0.2) is 138 Å². The Bertz CT molecular complexity index is 5060. The molecule has 0 unspecified atom stereocenters. The van der Waals surface area contributed by atoms with Crippen molar-refractivity contribution in [2.24, 2.45) is 0 Å². The average molecular weight is 1600 g/mol. The van der Waals surface area contributed by atoms with Gasteiger partial charge in [0.1, 0.15) is 0 Å². The van der Waals surface area contributed by atoms with E-state index in [-0.39, 0.29) is 198 Å². The molecule has 0 aliphatic heterocycles. The third-order valence-electron chi connectivity index (χ3n) is 12.7. The van der Waals surface area contributed by atoms with Crippen LogP contribution < -0.4 is 28.7 Å². The maximum atomic E-state index is 10.8. The highest BCUT2D eigenvalue weighted by atomic mass is 35.5. The van der Waals surface area contributed by atoms with Crippen molar-refractivity contribution in [2.45, 2.75) is 6.92 Å². The Balaban J connectivity index is 0.000000143. The fourth-order valence-electron chi connectivity index (χ4n) is 7.85.